The Morgan fingerprint density at radius 3 is 1.55 bits per heavy atom. The third-order valence-electron chi connectivity index (χ3n) is 7.49. The van der Waals surface area contributed by atoms with E-state index in [4.69, 9.17) is 32.7 Å². The second-order valence-electron chi connectivity index (χ2n) is 10.4. The van der Waals surface area contributed by atoms with Gasteiger partial charge in [0.05, 0.1) is 60.2 Å². The molecule has 4 aromatic rings. The Hall–Kier alpha value is -4.68. The van der Waals surface area contributed by atoms with Crippen molar-refractivity contribution in [2.24, 2.45) is 0 Å². The number of carbonyl (C=O) groups is 4. The topological polar surface area (TPSA) is 129 Å². The molecule has 44 heavy (non-hydrogen) atoms. The van der Waals surface area contributed by atoms with Crippen LogP contribution in [0.25, 0.3) is 11.4 Å². The zero-order valence-electron chi connectivity index (χ0n) is 23.8. The SMILES string of the molecule is CN1Cc2c(C(=O)OCCCCOC(=O)c3ncn4c3CN(C)C(=O)c3cc(Cl)ccc3-4)ncn2-c2ccc(Cl)cc2C1=O. The fourth-order valence-corrected chi connectivity index (χ4v) is 5.60. The number of carbonyl (C=O) groups excluding carboxylic acids is 4. The van der Waals surface area contributed by atoms with Gasteiger partial charge in [0, 0.05) is 24.1 Å². The Balaban J connectivity index is 1.04. The van der Waals surface area contributed by atoms with Crippen LogP contribution in [0.3, 0.4) is 0 Å². The normalized spacial score (nSPS) is 13.8. The second-order valence-corrected chi connectivity index (χ2v) is 11.3. The number of fused-ring (bicyclic) bond motifs is 6. The first-order chi connectivity index (χ1) is 21.1. The minimum absolute atomic E-state index is 0.0791. The van der Waals surface area contributed by atoms with E-state index >= 15 is 0 Å². The van der Waals surface area contributed by atoms with Gasteiger partial charge in [-0.1, -0.05) is 23.2 Å². The standard InChI is InChI=1S/C30H26Cl2N6O6/c1-35-13-23-25(33-15-37(23)21-7-5-17(31)11-19(21)27(35)39)29(41)43-9-3-4-10-44-30(42)26-24-14-36(2)28(40)20-12-18(32)6-8-22(20)38(24)16-34-26/h5-8,11-12,15-16H,3-4,9-10,13-14H2,1-2H3. The lowest BCUT2D eigenvalue weighted by atomic mass is 10.1. The molecular formula is C30H26Cl2N6O6. The number of unbranched alkanes of at least 4 members (excludes halogenated alkanes) is 1. The first kappa shape index (κ1) is 29.4. The van der Waals surface area contributed by atoms with Crippen molar-refractivity contribution in [2.75, 3.05) is 27.3 Å². The molecule has 0 fully saturated rings. The van der Waals surface area contributed by atoms with Gasteiger partial charge >= 0.3 is 11.9 Å². The Bertz CT molecular complexity index is 1700. The van der Waals surface area contributed by atoms with E-state index in [9.17, 15) is 19.2 Å². The van der Waals surface area contributed by atoms with Gasteiger partial charge in [0.25, 0.3) is 11.8 Å². The summed E-state index contributed by atoms with van der Waals surface area (Å²) in [7, 11) is 3.28. The Labute approximate surface area is 261 Å². The fraction of sp³-hybridized carbons (Fsp3) is 0.267. The highest BCUT2D eigenvalue weighted by atomic mass is 35.5. The lowest BCUT2D eigenvalue weighted by molar-refractivity contribution is 0.0423. The number of amides is 2. The van der Waals surface area contributed by atoms with Gasteiger partial charge in [0.15, 0.2) is 11.4 Å². The summed E-state index contributed by atoms with van der Waals surface area (Å²) in [6.07, 6.45) is 3.84. The van der Waals surface area contributed by atoms with Crippen LogP contribution in [0.4, 0.5) is 0 Å². The number of ether oxygens (including phenoxy) is 2. The molecule has 4 heterocycles. The summed E-state index contributed by atoms with van der Waals surface area (Å²) in [5, 5.41) is 0.861. The molecule has 12 nitrogen and oxygen atoms in total. The van der Waals surface area contributed by atoms with Gasteiger partial charge in [-0.2, -0.15) is 0 Å². The molecule has 6 rings (SSSR count). The summed E-state index contributed by atoms with van der Waals surface area (Å²) in [6, 6.07) is 9.95. The lowest BCUT2D eigenvalue weighted by Gasteiger charge is -2.14. The van der Waals surface area contributed by atoms with Crippen molar-refractivity contribution in [1.82, 2.24) is 28.9 Å². The smallest absolute Gasteiger partial charge is 0.358 e. The largest absolute Gasteiger partial charge is 0.461 e. The second kappa shape index (κ2) is 11.8. The van der Waals surface area contributed by atoms with Crippen molar-refractivity contribution in [2.45, 2.75) is 25.9 Å². The van der Waals surface area contributed by atoms with Crippen molar-refractivity contribution >= 4 is 47.0 Å². The fourth-order valence-electron chi connectivity index (χ4n) is 5.26. The van der Waals surface area contributed by atoms with Crippen LogP contribution in [-0.4, -0.2) is 80.0 Å². The van der Waals surface area contributed by atoms with Gasteiger partial charge in [-0.25, -0.2) is 19.6 Å². The number of hydrogen-bond acceptors (Lipinski definition) is 8. The van der Waals surface area contributed by atoms with Crippen molar-refractivity contribution in [3.8, 4) is 11.4 Å². The monoisotopic (exact) mass is 636 g/mol. The van der Waals surface area contributed by atoms with E-state index in [2.05, 4.69) is 9.97 Å². The number of hydrogen-bond donors (Lipinski definition) is 0. The Morgan fingerprint density at radius 1 is 0.727 bits per heavy atom. The molecule has 0 spiro atoms. The van der Waals surface area contributed by atoms with Crippen molar-refractivity contribution in [1.29, 1.82) is 0 Å². The first-order valence-electron chi connectivity index (χ1n) is 13.7. The molecule has 0 N–H and O–H groups in total. The summed E-state index contributed by atoms with van der Waals surface area (Å²) in [4.78, 5) is 63.0. The number of aromatic nitrogens is 4. The summed E-state index contributed by atoms with van der Waals surface area (Å²) < 4.78 is 14.3. The Morgan fingerprint density at radius 2 is 1.14 bits per heavy atom. The van der Waals surface area contributed by atoms with Crippen LogP contribution < -0.4 is 0 Å². The summed E-state index contributed by atoms with van der Waals surface area (Å²) in [6.45, 7) is 0.477. The van der Waals surface area contributed by atoms with Crippen LogP contribution in [0.2, 0.25) is 10.0 Å². The van der Waals surface area contributed by atoms with Crippen LogP contribution in [0.1, 0.15) is 65.9 Å². The van der Waals surface area contributed by atoms with E-state index in [0.29, 0.717) is 56.8 Å². The maximum absolute atomic E-state index is 12.9. The number of benzene rings is 2. The van der Waals surface area contributed by atoms with E-state index in [1.165, 1.54) is 22.5 Å². The maximum atomic E-state index is 12.9. The quantitative estimate of drug-likeness (QED) is 0.216. The molecule has 2 aromatic carbocycles. The zero-order chi connectivity index (χ0) is 31.1. The molecule has 0 atom stereocenters. The van der Waals surface area contributed by atoms with Gasteiger partial charge in [0.1, 0.15) is 12.7 Å². The number of imidazole rings is 2. The Kier molecular flexibility index (Phi) is 7.87. The summed E-state index contributed by atoms with van der Waals surface area (Å²) >= 11 is 12.2. The average molecular weight is 637 g/mol. The molecular weight excluding hydrogens is 611 g/mol. The van der Waals surface area contributed by atoms with Crippen molar-refractivity contribution in [3.05, 3.63) is 93.0 Å². The zero-order valence-corrected chi connectivity index (χ0v) is 25.3. The highest BCUT2D eigenvalue weighted by Crippen LogP contribution is 2.29. The van der Waals surface area contributed by atoms with Crippen LogP contribution in [0.5, 0.6) is 0 Å². The van der Waals surface area contributed by atoms with E-state index < -0.39 is 11.9 Å². The van der Waals surface area contributed by atoms with Gasteiger partial charge in [-0.05, 0) is 49.2 Å². The summed E-state index contributed by atoms with van der Waals surface area (Å²) in [5.74, 6) is -1.67. The van der Waals surface area contributed by atoms with E-state index in [1.807, 2.05) is 0 Å². The average Bonchev–Trinajstić information content (AvgIpc) is 3.57. The van der Waals surface area contributed by atoms with Gasteiger partial charge < -0.3 is 19.3 Å². The molecule has 0 saturated heterocycles. The number of halogens is 2. The third kappa shape index (κ3) is 5.31. The van der Waals surface area contributed by atoms with Gasteiger partial charge in [-0.15, -0.1) is 0 Å². The molecule has 14 heteroatoms. The molecule has 0 bridgehead atoms. The molecule has 2 aliphatic rings. The molecule has 0 unspecified atom stereocenters. The van der Waals surface area contributed by atoms with Crippen LogP contribution in [0.15, 0.2) is 49.1 Å². The third-order valence-corrected chi connectivity index (χ3v) is 7.96. The van der Waals surface area contributed by atoms with Crippen molar-refractivity contribution in [3.63, 3.8) is 0 Å². The lowest BCUT2D eigenvalue weighted by Crippen LogP contribution is -2.26. The number of rotatable bonds is 7. The molecule has 0 saturated carbocycles. The molecule has 2 amide bonds. The number of nitrogens with zero attached hydrogens (tertiary/aromatic N) is 6. The summed E-state index contributed by atoms with van der Waals surface area (Å²) in [5.41, 5.74) is 3.26. The molecule has 0 aliphatic carbocycles. The van der Waals surface area contributed by atoms with Crippen LogP contribution >= 0.6 is 23.2 Å². The molecule has 2 aromatic heterocycles. The van der Waals surface area contributed by atoms with Gasteiger partial charge in [-0.3, -0.25) is 18.7 Å². The van der Waals surface area contributed by atoms with Gasteiger partial charge in [0.2, 0.25) is 0 Å². The minimum atomic E-state index is -0.616. The molecule has 2 aliphatic heterocycles. The predicted octanol–water partition coefficient (Wildman–Crippen LogP) is 4.33. The molecule has 0 radical (unpaired) electrons. The molecule has 226 valence electrons. The van der Waals surface area contributed by atoms with E-state index in [0.717, 1.165) is 0 Å². The number of esters is 2. The van der Waals surface area contributed by atoms with Crippen LogP contribution in [-0.2, 0) is 22.6 Å². The van der Waals surface area contributed by atoms with Crippen molar-refractivity contribution < 1.29 is 28.7 Å². The minimum Gasteiger partial charge on any atom is -0.461 e. The first-order valence-corrected chi connectivity index (χ1v) is 14.5. The van der Waals surface area contributed by atoms with E-state index in [1.54, 1.807) is 59.6 Å². The predicted molar refractivity (Wildman–Crippen MR) is 159 cm³/mol. The van der Waals surface area contributed by atoms with Crippen LogP contribution in [0, 0.1) is 0 Å². The maximum Gasteiger partial charge on any atom is 0.358 e. The van der Waals surface area contributed by atoms with E-state index in [-0.39, 0.29) is 49.5 Å². The highest BCUT2D eigenvalue weighted by molar-refractivity contribution is 6.31. The highest BCUT2D eigenvalue weighted by Gasteiger charge is 2.30.